The van der Waals surface area contributed by atoms with E-state index >= 15 is 0 Å². The van der Waals surface area contributed by atoms with Crippen molar-refractivity contribution in [2.75, 3.05) is 18.8 Å². The standard InChI is InChI=1S/C16H23NO2S/c1-13(18)14-6-8-15(9-7-14)20-12-16(19)17-10-4-2-3-5-11-17/h6-9,13,18H,2-5,10-12H2,1H3. The third-order valence-electron chi connectivity index (χ3n) is 3.68. The van der Waals surface area contributed by atoms with E-state index in [1.807, 2.05) is 29.2 Å². The molecule has 1 aliphatic rings. The van der Waals surface area contributed by atoms with E-state index in [0.717, 1.165) is 36.4 Å². The summed E-state index contributed by atoms with van der Waals surface area (Å²) in [4.78, 5) is 15.2. The van der Waals surface area contributed by atoms with Crippen LogP contribution in [0, 0.1) is 0 Å². The smallest absolute Gasteiger partial charge is 0.232 e. The summed E-state index contributed by atoms with van der Waals surface area (Å²) in [7, 11) is 0. The molecule has 0 aromatic heterocycles. The van der Waals surface area contributed by atoms with Gasteiger partial charge in [-0.25, -0.2) is 0 Å². The highest BCUT2D eigenvalue weighted by molar-refractivity contribution is 8.00. The summed E-state index contributed by atoms with van der Waals surface area (Å²) in [5, 5.41) is 9.46. The van der Waals surface area contributed by atoms with Crippen LogP contribution in [0.2, 0.25) is 0 Å². The van der Waals surface area contributed by atoms with Crippen LogP contribution in [0.1, 0.15) is 44.3 Å². The summed E-state index contributed by atoms with van der Waals surface area (Å²) >= 11 is 1.58. The minimum absolute atomic E-state index is 0.247. The average molecular weight is 293 g/mol. The van der Waals surface area contributed by atoms with E-state index in [9.17, 15) is 9.90 Å². The Morgan fingerprint density at radius 3 is 2.35 bits per heavy atom. The first-order valence-corrected chi connectivity index (χ1v) is 8.34. The second-order valence-electron chi connectivity index (χ2n) is 5.33. The van der Waals surface area contributed by atoms with Gasteiger partial charge in [0, 0.05) is 18.0 Å². The van der Waals surface area contributed by atoms with Gasteiger partial charge in [0.2, 0.25) is 5.91 Å². The zero-order valence-electron chi connectivity index (χ0n) is 12.0. The van der Waals surface area contributed by atoms with E-state index in [2.05, 4.69) is 0 Å². The molecule has 0 radical (unpaired) electrons. The second-order valence-corrected chi connectivity index (χ2v) is 6.38. The molecule has 1 amide bonds. The third kappa shape index (κ3) is 4.53. The van der Waals surface area contributed by atoms with Gasteiger partial charge in [0.05, 0.1) is 11.9 Å². The summed E-state index contributed by atoms with van der Waals surface area (Å²) in [6, 6.07) is 7.79. The Kier molecular flexibility index (Phi) is 5.92. The molecule has 20 heavy (non-hydrogen) atoms. The fourth-order valence-electron chi connectivity index (χ4n) is 2.40. The van der Waals surface area contributed by atoms with Crippen LogP contribution < -0.4 is 0 Å². The molecule has 1 heterocycles. The fraction of sp³-hybridized carbons (Fsp3) is 0.562. The topological polar surface area (TPSA) is 40.5 Å². The molecule has 1 aromatic rings. The molecule has 1 fully saturated rings. The first-order valence-electron chi connectivity index (χ1n) is 7.35. The van der Waals surface area contributed by atoms with E-state index in [1.54, 1.807) is 18.7 Å². The molecule has 2 rings (SSSR count). The Morgan fingerprint density at radius 1 is 1.20 bits per heavy atom. The summed E-state index contributed by atoms with van der Waals surface area (Å²) in [6.45, 7) is 3.59. The molecule has 1 saturated heterocycles. The third-order valence-corrected chi connectivity index (χ3v) is 4.68. The number of nitrogens with zero attached hydrogens (tertiary/aromatic N) is 1. The predicted molar refractivity (Wildman–Crippen MR) is 82.8 cm³/mol. The van der Waals surface area contributed by atoms with Crippen molar-refractivity contribution in [3.8, 4) is 0 Å². The van der Waals surface area contributed by atoms with Crippen LogP contribution in [0.3, 0.4) is 0 Å². The van der Waals surface area contributed by atoms with Crippen molar-refractivity contribution in [3.05, 3.63) is 29.8 Å². The zero-order chi connectivity index (χ0) is 14.4. The molecular formula is C16H23NO2S. The number of hydrogen-bond acceptors (Lipinski definition) is 3. The van der Waals surface area contributed by atoms with Crippen LogP contribution in [0.15, 0.2) is 29.2 Å². The van der Waals surface area contributed by atoms with E-state index in [4.69, 9.17) is 0 Å². The number of carbonyl (C=O) groups is 1. The Bertz CT molecular complexity index is 423. The Morgan fingerprint density at radius 2 is 1.80 bits per heavy atom. The number of likely N-dealkylation sites (tertiary alicyclic amines) is 1. The Balaban J connectivity index is 1.83. The minimum Gasteiger partial charge on any atom is -0.389 e. The van der Waals surface area contributed by atoms with Crippen molar-refractivity contribution in [3.63, 3.8) is 0 Å². The normalized spacial score (nSPS) is 17.6. The van der Waals surface area contributed by atoms with E-state index in [-0.39, 0.29) is 5.91 Å². The lowest BCUT2D eigenvalue weighted by Crippen LogP contribution is -2.33. The molecule has 110 valence electrons. The lowest BCUT2D eigenvalue weighted by molar-refractivity contribution is -0.128. The molecule has 1 atom stereocenters. The minimum atomic E-state index is -0.437. The van der Waals surface area contributed by atoms with Crippen LogP contribution in [0.5, 0.6) is 0 Å². The number of carbonyl (C=O) groups excluding carboxylic acids is 1. The summed E-state index contributed by atoms with van der Waals surface area (Å²) in [5.74, 6) is 0.755. The van der Waals surface area contributed by atoms with Crippen molar-refractivity contribution in [1.29, 1.82) is 0 Å². The molecule has 3 nitrogen and oxygen atoms in total. The van der Waals surface area contributed by atoms with Gasteiger partial charge >= 0.3 is 0 Å². The lowest BCUT2D eigenvalue weighted by Gasteiger charge is -2.20. The van der Waals surface area contributed by atoms with Crippen LogP contribution in [0.25, 0.3) is 0 Å². The summed E-state index contributed by atoms with van der Waals surface area (Å²) in [6.07, 6.45) is 4.34. The summed E-state index contributed by atoms with van der Waals surface area (Å²) < 4.78 is 0. The highest BCUT2D eigenvalue weighted by Crippen LogP contribution is 2.22. The average Bonchev–Trinajstić information content (AvgIpc) is 2.74. The van der Waals surface area contributed by atoms with Gasteiger partial charge in [-0.15, -0.1) is 11.8 Å². The van der Waals surface area contributed by atoms with Gasteiger partial charge in [0.25, 0.3) is 0 Å². The van der Waals surface area contributed by atoms with Crippen molar-refractivity contribution in [2.24, 2.45) is 0 Å². The first kappa shape index (κ1) is 15.4. The monoisotopic (exact) mass is 293 g/mol. The Hall–Kier alpha value is -1.00. The number of aliphatic hydroxyl groups is 1. The highest BCUT2D eigenvalue weighted by atomic mass is 32.2. The van der Waals surface area contributed by atoms with Crippen molar-refractivity contribution < 1.29 is 9.90 Å². The molecule has 4 heteroatoms. The molecule has 1 aliphatic heterocycles. The lowest BCUT2D eigenvalue weighted by atomic mass is 10.1. The maximum atomic E-state index is 12.2. The van der Waals surface area contributed by atoms with Gasteiger partial charge in [-0.05, 0) is 37.5 Å². The predicted octanol–water partition coefficient (Wildman–Crippen LogP) is 3.23. The molecule has 0 spiro atoms. The molecule has 0 bridgehead atoms. The van der Waals surface area contributed by atoms with Crippen LogP contribution >= 0.6 is 11.8 Å². The maximum Gasteiger partial charge on any atom is 0.232 e. The number of benzene rings is 1. The zero-order valence-corrected chi connectivity index (χ0v) is 12.9. The highest BCUT2D eigenvalue weighted by Gasteiger charge is 2.15. The number of rotatable bonds is 4. The first-order chi connectivity index (χ1) is 9.66. The van der Waals surface area contributed by atoms with Gasteiger partial charge in [0.15, 0.2) is 0 Å². The van der Waals surface area contributed by atoms with Gasteiger partial charge in [-0.3, -0.25) is 4.79 Å². The number of aliphatic hydroxyl groups excluding tert-OH is 1. The molecule has 1 unspecified atom stereocenters. The molecule has 1 aromatic carbocycles. The second kappa shape index (κ2) is 7.70. The van der Waals surface area contributed by atoms with Crippen LogP contribution in [-0.4, -0.2) is 34.8 Å². The van der Waals surface area contributed by atoms with Crippen molar-refractivity contribution in [1.82, 2.24) is 4.90 Å². The van der Waals surface area contributed by atoms with Gasteiger partial charge in [-0.1, -0.05) is 25.0 Å². The largest absolute Gasteiger partial charge is 0.389 e. The molecule has 0 aliphatic carbocycles. The summed E-state index contributed by atoms with van der Waals surface area (Å²) in [5.41, 5.74) is 0.910. The molecule has 0 saturated carbocycles. The van der Waals surface area contributed by atoms with Crippen molar-refractivity contribution >= 4 is 17.7 Å². The molecule has 1 N–H and O–H groups in total. The van der Waals surface area contributed by atoms with Crippen LogP contribution in [0.4, 0.5) is 0 Å². The Labute approximate surface area is 125 Å². The van der Waals surface area contributed by atoms with E-state index < -0.39 is 6.10 Å². The number of amides is 1. The number of thioether (sulfide) groups is 1. The van der Waals surface area contributed by atoms with Crippen molar-refractivity contribution in [2.45, 2.75) is 43.6 Å². The number of hydrogen-bond donors (Lipinski definition) is 1. The SMILES string of the molecule is CC(O)c1ccc(SCC(=O)N2CCCCCC2)cc1. The molecular weight excluding hydrogens is 270 g/mol. The van der Waals surface area contributed by atoms with Gasteiger partial charge in [0.1, 0.15) is 0 Å². The van der Waals surface area contributed by atoms with Crippen LogP contribution in [-0.2, 0) is 4.79 Å². The van der Waals surface area contributed by atoms with Gasteiger partial charge < -0.3 is 10.0 Å². The van der Waals surface area contributed by atoms with Gasteiger partial charge in [-0.2, -0.15) is 0 Å². The van der Waals surface area contributed by atoms with E-state index in [0.29, 0.717) is 5.75 Å². The van der Waals surface area contributed by atoms with E-state index in [1.165, 1.54) is 12.8 Å². The quantitative estimate of drug-likeness (QED) is 0.866. The maximum absolute atomic E-state index is 12.2. The fourth-order valence-corrected chi connectivity index (χ4v) is 3.20.